The molecule has 0 spiro atoms. The lowest BCUT2D eigenvalue weighted by Gasteiger charge is -2.06. The molecule has 0 aromatic carbocycles. The molecule has 6 heteroatoms. The van der Waals surface area contributed by atoms with Crippen LogP contribution in [0.25, 0.3) is 0 Å². The fourth-order valence-corrected chi connectivity index (χ4v) is 1.12. The summed E-state index contributed by atoms with van der Waals surface area (Å²) >= 11 is 4.67. The number of rotatable bonds is 8. The SMILES string of the molecule is NC(=S)CCCCOCCCC(F)(F)F. The van der Waals surface area contributed by atoms with E-state index in [1.165, 1.54) is 0 Å². The lowest BCUT2D eigenvalue weighted by molar-refractivity contribution is -0.137. The van der Waals surface area contributed by atoms with Crippen LogP contribution in [0.15, 0.2) is 0 Å². The number of thiocarbonyl (C=S) groups is 1. The van der Waals surface area contributed by atoms with Gasteiger partial charge in [-0.15, -0.1) is 0 Å². The van der Waals surface area contributed by atoms with Crippen molar-refractivity contribution in [1.82, 2.24) is 0 Å². The summed E-state index contributed by atoms with van der Waals surface area (Å²) in [6, 6.07) is 0. The van der Waals surface area contributed by atoms with Crippen LogP contribution < -0.4 is 5.73 Å². The Balaban J connectivity index is 3.09. The van der Waals surface area contributed by atoms with Crippen LogP contribution >= 0.6 is 12.2 Å². The standard InChI is InChI=1S/C9H16F3NOS/c10-9(11,12)5-3-7-14-6-2-1-4-8(13)15/h1-7H2,(H2,13,15). The molecule has 0 aromatic heterocycles. The van der Waals surface area contributed by atoms with Crippen molar-refractivity contribution >= 4 is 17.2 Å². The van der Waals surface area contributed by atoms with Gasteiger partial charge in [0.25, 0.3) is 0 Å². The fraction of sp³-hybridized carbons (Fsp3) is 0.889. The Morgan fingerprint density at radius 2 is 1.73 bits per heavy atom. The zero-order chi connectivity index (χ0) is 11.7. The van der Waals surface area contributed by atoms with E-state index in [-0.39, 0.29) is 13.0 Å². The minimum atomic E-state index is -4.07. The lowest BCUT2D eigenvalue weighted by atomic mass is 10.2. The van der Waals surface area contributed by atoms with Gasteiger partial charge in [-0.05, 0) is 25.7 Å². The second-order valence-corrected chi connectivity index (χ2v) is 3.78. The van der Waals surface area contributed by atoms with Gasteiger partial charge >= 0.3 is 6.18 Å². The van der Waals surface area contributed by atoms with E-state index in [0.717, 1.165) is 12.8 Å². The highest BCUT2D eigenvalue weighted by molar-refractivity contribution is 7.80. The lowest BCUT2D eigenvalue weighted by Crippen LogP contribution is -2.09. The van der Waals surface area contributed by atoms with Gasteiger partial charge in [0, 0.05) is 19.6 Å². The third-order valence-electron chi connectivity index (χ3n) is 1.71. The molecule has 2 nitrogen and oxygen atoms in total. The van der Waals surface area contributed by atoms with Gasteiger partial charge in [-0.2, -0.15) is 13.2 Å². The maximum absolute atomic E-state index is 11.7. The Hall–Kier alpha value is -0.360. The van der Waals surface area contributed by atoms with Gasteiger partial charge in [-0.1, -0.05) is 12.2 Å². The quantitative estimate of drug-likeness (QED) is 0.526. The molecule has 0 amide bonds. The van der Waals surface area contributed by atoms with Gasteiger partial charge in [0.2, 0.25) is 0 Å². The smallest absolute Gasteiger partial charge is 0.389 e. The van der Waals surface area contributed by atoms with Gasteiger partial charge in [0.15, 0.2) is 0 Å². The van der Waals surface area contributed by atoms with Crippen LogP contribution in [-0.4, -0.2) is 24.4 Å². The van der Waals surface area contributed by atoms with Crippen molar-refractivity contribution in [2.24, 2.45) is 5.73 Å². The molecular formula is C9H16F3NOS. The van der Waals surface area contributed by atoms with Crippen molar-refractivity contribution in [1.29, 1.82) is 0 Å². The molecule has 15 heavy (non-hydrogen) atoms. The number of halogens is 3. The molecule has 0 aliphatic rings. The molecule has 0 saturated heterocycles. The van der Waals surface area contributed by atoms with Gasteiger partial charge in [0.05, 0.1) is 4.99 Å². The van der Waals surface area contributed by atoms with Crippen LogP contribution in [0.3, 0.4) is 0 Å². The molecule has 0 atom stereocenters. The molecule has 2 N–H and O–H groups in total. The molecule has 0 aliphatic carbocycles. The summed E-state index contributed by atoms with van der Waals surface area (Å²) in [4.78, 5) is 0.465. The highest BCUT2D eigenvalue weighted by atomic mass is 32.1. The number of alkyl halides is 3. The Morgan fingerprint density at radius 1 is 1.13 bits per heavy atom. The summed E-state index contributed by atoms with van der Waals surface area (Å²) in [5, 5.41) is 0. The monoisotopic (exact) mass is 243 g/mol. The minimum absolute atomic E-state index is 0.0266. The highest BCUT2D eigenvalue weighted by Gasteiger charge is 2.25. The normalized spacial score (nSPS) is 11.7. The van der Waals surface area contributed by atoms with E-state index in [1.807, 2.05) is 0 Å². The first-order chi connectivity index (χ1) is 6.92. The maximum Gasteiger partial charge on any atom is 0.389 e. The first-order valence-electron chi connectivity index (χ1n) is 4.84. The van der Waals surface area contributed by atoms with Crippen molar-refractivity contribution in [2.45, 2.75) is 38.3 Å². The summed E-state index contributed by atoms with van der Waals surface area (Å²) in [5.41, 5.74) is 5.27. The van der Waals surface area contributed by atoms with Crippen molar-refractivity contribution in [2.75, 3.05) is 13.2 Å². The molecule has 0 unspecified atom stereocenters. The van der Waals surface area contributed by atoms with Crippen LogP contribution in [-0.2, 0) is 4.74 Å². The van der Waals surface area contributed by atoms with Crippen LogP contribution in [0.2, 0.25) is 0 Å². The summed E-state index contributed by atoms with van der Waals surface area (Å²) in [5.74, 6) is 0. The molecule has 0 radical (unpaired) electrons. The topological polar surface area (TPSA) is 35.2 Å². The number of ether oxygens (including phenoxy) is 1. The summed E-state index contributed by atoms with van der Waals surface area (Å²) in [7, 11) is 0. The van der Waals surface area contributed by atoms with Crippen LogP contribution in [0.1, 0.15) is 32.1 Å². The molecule has 0 rings (SSSR count). The second-order valence-electron chi connectivity index (χ2n) is 3.25. The average molecular weight is 243 g/mol. The van der Waals surface area contributed by atoms with E-state index in [9.17, 15) is 13.2 Å². The average Bonchev–Trinajstić information content (AvgIpc) is 2.07. The van der Waals surface area contributed by atoms with Gasteiger partial charge in [-0.25, -0.2) is 0 Å². The molecule has 0 bridgehead atoms. The maximum atomic E-state index is 11.7. The largest absolute Gasteiger partial charge is 0.393 e. The third-order valence-corrected chi connectivity index (χ3v) is 1.91. The summed E-state index contributed by atoms with van der Waals surface area (Å²) in [6.45, 7) is 0.632. The predicted octanol–water partition coefficient (Wildman–Crippen LogP) is 2.80. The summed E-state index contributed by atoms with van der Waals surface area (Å²) in [6.07, 6.45) is -2.55. The Labute approximate surface area is 93.0 Å². The number of hydrogen-bond donors (Lipinski definition) is 1. The van der Waals surface area contributed by atoms with Gasteiger partial charge < -0.3 is 10.5 Å². The van der Waals surface area contributed by atoms with E-state index < -0.39 is 12.6 Å². The van der Waals surface area contributed by atoms with E-state index in [2.05, 4.69) is 12.2 Å². The Morgan fingerprint density at radius 3 is 2.27 bits per heavy atom. The Bertz CT molecular complexity index is 185. The van der Waals surface area contributed by atoms with Crippen LogP contribution in [0.4, 0.5) is 13.2 Å². The molecule has 0 aliphatic heterocycles. The zero-order valence-electron chi connectivity index (χ0n) is 8.48. The molecule has 90 valence electrons. The van der Waals surface area contributed by atoms with Gasteiger partial charge in [-0.3, -0.25) is 0 Å². The molecule has 0 saturated carbocycles. The van der Waals surface area contributed by atoms with E-state index in [4.69, 9.17) is 10.5 Å². The van der Waals surface area contributed by atoms with Crippen LogP contribution in [0.5, 0.6) is 0 Å². The van der Waals surface area contributed by atoms with Crippen LogP contribution in [0, 0.1) is 0 Å². The van der Waals surface area contributed by atoms with Crippen molar-refractivity contribution in [3.63, 3.8) is 0 Å². The second kappa shape index (κ2) is 7.87. The molecular weight excluding hydrogens is 227 g/mol. The Kier molecular flexibility index (Phi) is 7.68. The zero-order valence-corrected chi connectivity index (χ0v) is 9.29. The van der Waals surface area contributed by atoms with Gasteiger partial charge in [0.1, 0.15) is 0 Å². The number of hydrogen-bond acceptors (Lipinski definition) is 2. The fourth-order valence-electron chi connectivity index (χ4n) is 0.980. The van der Waals surface area contributed by atoms with E-state index in [0.29, 0.717) is 18.0 Å². The first kappa shape index (κ1) is 14.6. The summed E-state index contributed by atoms with van der Waals surface area (Å²) < 4.78 is 40.1. The molecule has 0 aromatic rings. The third kappa shape index (κ3) is 13.6. The van der Waals surface area contributed by atoms with E-state index in [1.54, 1.807) is 0 Å². The number of nitrogens with two attached hydrogens (primary N) is 1. The number of unbranched alkanes of at least 4 members (excludes halogenated alkanes) is 1. The van der Waals surface area contributed by atoms with E-state index >= 15 is 0 Å². The van der Waals surface area contributed by atoms with Crippen molar-refractivity contribution in [3.8, 4) is 0 Å². The van der Waals surface area contributed by atoms with Crippen molar-refractivity contribution in [3.05, 3.63) is 0 Å². The first-order valence-corrected chi connectivity index (χ1v) is 5.25. The van der Waals surface area contributed by atoms with Crippen molar-refractivity contribution < 1.29 is 17.9 Å². The molecule has 0 heterocycles. The minimum Gasteiger partial charge on any atom is -0.393 e. The molecule has 0 fully saturated rings. The predicted molar refractivity (Wildman–Crippen MR) is 56.7 cm³/mol. The highest BCUT2D eigenvalue weighted by Crippen LogP contribution is 2.20.